The van der Waals surface area contributed by atoms with Crippen molar-refractivity contribution in [2.75, 3.05) is 25.0 Å². The average Bonchev–Trinajstić information content (AvgIpc) is 3.16. The molecule has 3 N–H and O–H groups in total. The molecule has 1 amide bonds. The van der Waals surface area contributed by atoms with Crippen LogP contribution in [0.3, 0.4) is 0 Å². The van der Waals surface area contributed by atoms with E-state index in [4.69, 9.17) is 4.42 Å². The molecule has 0 atom stereocenters. The molecule has 7 nitrogen and oxygen atoms in total. The molecule has 1 heterocycles. The normalized spacial score (nSPS) is 14.6. The van der Waals surface area contributed by atoms with Crippen LogP contribution in [0, 0.1) is 11.8 Å². The van der Waals surface area contributed by atoms with E-state index in [0.29, 0.717) is 37.5 Å². The first-order valence-corrected chi connectivity index (χ1v) is 7.20. The second-order valence-electron chi connectivity index (χ2n) is 5.52. The fraction of sp³-hybridized carbons (Fsp3) is 0.769. The van der Waals surface area contributed by atoms with Gasteiger partial charge in [0.2, 0.25) is 11.8 Å². The number of nitrogens with one attached hydrogen (secondary N) is 3. The van der Waals surface area contributed by atoms with Crippen LogP contribution in [0.2, 0.25) is 0 Å². The van der Waals surface area contributed by atoms with E-state index >= 15 is 0 Å². The molecular weight excluding hydrogens is 258 g/mol. The van der Waals surface area contributed by atoms with E-state index in [2.05, 4.69) is 40.0 Å². The van der Waals surface area contributed by atoms with E-state index < -0.39 is 0 Å². The largest absolute Gasteiger partial charge is 0.407 e. The number of hydrogen-bond acceptors (Lipinski definition) is 6. The van der Waals surface area contributed by atoms with Crippen LogP contribution in [-0.2, 0) is 11.3 Å². The molecule has 7 heteroatoms. The zero-order valence-corrected chi connectivity index (χ0v) is 12.1. The maximum atomic E-state index is 11.4. The van der Waals surface area contributed by atoms with Gasteiger partial charge in [0.25, 0.3) is 0 Å². The number of carbonyl (C=O) groups excluding carboxylic acids is 1. The molecule has 0 unspecified atom stereocenters. The molecule has 0 bridgehead atoms. The molecule has 2 rings (SSSR count). The molecule has 0 aliphatic heterocycles. The van der Waals surface area contributed by atoms with E-state index in [0.717, 1.165) is 19.4 Å². The molecule has 0 spiro atoms. The van der Waals surface area contributed by atoms with Gasteiger partial charge in [0.15, 0.2) is 0 Å². The van der Waals surface area contributed by atoms with Gasteiger partial charge < -0.3 is 20.4 Å². The van der Waals surface area contributed by atoms with E-state index in [-0.39, 0.29) is 11.8 Å². The van der Waals surface area contributed by atoms with E-state index in [1.807, 2.05) is 0 Å². The summed E-state index contributed by atoms with van der Waals surface area (Å²) in [6, 6.07) is 0.395. The minimum absolute atomic E-state index is 0.149. The predicted octanol–water partition coefficient (Wildman–Crippen LogP) is 0.753. The van der Waals surface area contributed by atoms with Crippen molar-refractivity contribution < 1.29 is 9.21 Å². The summed E-state index contributed by atoms with van der Waals surface area (Å²) in [5.41, 5.74) is 0. The van der Waals surface area contributed by atoms with Crippen molar-refractivity contribution >= 4 is 11.9 Å². The number of anilines is 1. The highest BCUT2D eigenvalue weighted by atomic mass is 16.4. The zero-order chi connectivity index (χ0) is 14.4. The molecule has 1 aromatic rings. The second kappa shape index (κ2) is 7.23. The van der Waals surface area contributed by atoms with Gasteiger partial charge in [-0.25, -0.2) is 0 Å². The highest BCUT2D eigenvalue weighted by Crippen LogP contribution is 2.28. The quantitative estimate of drug-likeness (QED) is 0.579. The van der Waals surface area contributed by atoms with Gasteiger partial charge >= 0.3 is 6.01 Å². The lowest BCUT2D eigenvalue weighted by molar-refractivity contribution is -0.122. The Morgan fingerprint density at radius 3 is 2.85 bits per heavy atom. The Labute approximate surface area is 118 Å². The molecule has 112 valence electrons. The maximum absolute atomic E-state index is 11.4. The first kappa shape index (κ1) is 14.8. The topological polar surface area (TPSA) is 92.1 Å². The molecule has 1 aliphatic carbocycles. The molecule has 1 saturated carbocycles. The van der Waals surface area contributed by atoms with Crippen LogP contribution in [0.15, 0.2) is 4.42 Å². The summed E-state index contributed by atoms with van der Waals surface area (Å²) in [7, 11) is 0. The van der Waals surface area contributed by atoms with Crippen molar-refractivity contribution in [1.29, 1.82) is 0 Å². The van der Waals surface area contributed by atoms with E-state index in [1.54, 1.807) is 0 Å². The smallest absolute Gasteiger partial charge is 0.315 e. The Morgan fingerprint density at radius 1 is 1.35 bits per heavy atom. The molecule has 1 fully saturated rings. The Bertz CT molecular complexity index is 428. The summed E-state index contributed by atoms with van der Waals surface area (Å²) in [6.45, 7) is 6.93. The fourth-order valence-corrected chi connectivity index (χ4v) is 1.71. The number of hydrogen-bond donors (Lipinski definition) is 3. The van der Waals surface area contributed by atoms with Crippen LogP contribution in [0.25, 0.3) is 0 Å². The minimum atomic E-state index is 0.149. The third kappa shape index (κ3) is 5.16. The first-order chi connectivity index (χ1) is 9.65. The van der Waals surface area contributed by atoms with Crippen molar-refractivity contribution in [1.82, 2.24) is 20.8 Å². The van der Waals surface area contributed by atoms with Crippen molar-refractivity contribution in [3.63, 3.8) is 0 Å². The summed E-state index contributed by atoms with van der Waals surface area (Å²) in [6.07, 6.45) is 2.05. The number of carbonyl (C=O) groups is 1. The summed E-state index contributed by atoms with van der Waals surface area (Å²) in [5, 5.41) is 16.9. The van der Waals surface area contributed by atoms with Gasteiger partial charge in [0.1, 0.15) is 0 Å². The lowest BCUT2D eigenvalue weighted by atomic mass is 10.2. The summed E-state index contributed by atoms with van der Waals surface area (Å²) >= 11 is 0. The van der Waals surface area contributed by atoms with Crippen LogP contribution in [0.5, 0.6) is 0 Å². The van der Waals surface area contributed by atoms with Gasteiger partial charge in [0, 0.05) is 19.0 Å². The van der Waals surface area contributed by atoms with E-state index in [9.17, 15) is 4.79 Å². The predicted molar refractivity (Wildman–Crippen MR) is 75.1 cm³/mol. The molecule has 0 radical (unpaired) electrons. The van der Waals surface area contributed by atoms with Crippen LogP contribution >= 0.6 is 0 Å². The molecule has 0 saturated heterocycles. The van der Waals surface area contributed by atoms with Crippen LogP contribution in [-0.4, -0.2) is 35.7 Å². The Morgan fingerprint density at radius 2 is 2.15 bits per heavy atom. The fourth-order valence-electron chi connectivity index (χ4n) is 1.71. The molecule has 1 aromatic heterocycles. The minimum Gasteiger partial charge on any atom is -0.407 e. The Hall–Kier alpha value is -1.63. The number of rotatable bonds is 9. The third-order valence-corrected chi connectivity index (χ3v) is 2.94. The lowest BCUT2D eigenvalue weighted by Gasteiger charge is -2.04. The van der Waals surface area contributed by atoms with Crippen molar-refractivity contribution in [2.45, 2.75) is 33.2 Å². The van der Waals surface area contributed by atoms with Crippen molar-refractivity contribution in [3.05, 3.63) is 5.89 Å². The molecule has 1 aliphatic rings. The number of aromatic nitrogens is 2. The van der Waals surface area contributed by atoms with Gasteiger partial charge in [-0.2, -0.15) is 0 Å². The zero-order valence-electron chi connectivity index (χ0n) is 12.1. The highest BCUT2D eigenvalue weighted by molar-refractivity contribution is 5.80. The van der Waals surface area contributed by atoms with Gasteiger partial charge in [-0.1, -0.05) is 18.9 Å². The first-order valence-electron chi connectivity index (χ1n) is 7.20. The highest BCUT2D eigenvalue weighted by Gasteiger charge is 2.28. The average molecular weight is 281 g/mol. The third-order valence-electron chi connectivity index (χ3n) is 2.94. The second-order valence-corrected chi connectivity index (χ2v) is 5.52. The van der Waals surface area contributed by atoms with Gasteiger partial charge in [-0.15, -0.1) is 5.10 Å². The Kier molecular flexibility index (Phi) is 5.34. The molecular formula is C13H23N5O2. The van der Waals surface area contributed by atoms with Gasteiger partial charge in [-0.05, 0) is 25.3 Å². The lowest BCUT2D eigenvalue weighted by Crippen LogP contribution is -2.29. The summed E-state index contributed by atoms with van der Waals surface area (Å²) < 4.78 is 5.42. The Balaban J connectivity index is 1.58. The maximum Gasteiger partial charge on any atom is 0.315 e. The van der Waals surface area contributed by atoms with E-state index in [1.165, 1.54) is 0 Å². The number of amides is 1. The summed E-state index contributed by atoms with van der Waals surface area (Å²) in [5.74, 6) is 1.55. The SMILES string of the molecule is CC(C)CNCc1nnc(NCCNC(=O)C2CC2)o1. The van der Waals surface area contributed by atoms with Gasteiger partial charge in [-0.3, -0.25) is 4.79 Å². The molecule has 20 heavy (non-hydrogen) atoms. The van der Waals surface area contributed by atoms with Gasteiger partial charge in [0.05, 0.1) is 6.54 Å². The standard InChI is InChI=1S/C13H23N5O2/c1-9(2)7-14-8-11-17-18-13(20-11)16-6-5-15-12(19)10-3-4-10/h9-10,14H,3-8H2,1-2H3,(H,15,19)(H,16,18). The monoisotopic (exact) mass is 281 g/mol. The van der Waals surface area contributed by atoms with Crippen molar-refractivity contribution in [3.8, 4) is 0 Å². The summed E-state index contributed by atoms with van der Waals surface area (Å²) in [4.78, 5) is 11.4. The van der Waals surface area contributed by atoms with Crippen molar-refractivity contribution in [2.24, 2.45) is 11.8 Å². The number of nitrogens with zero attached hydrogens (tertiary/aromatic N) is 2. The molecule has 0 aromatic carbocycles. The van der Waals surface area contributed by atoms with Crippen LogP contribution in [0.4, 0.5) is 6.01 Å². The van der Waals surface area contributed by atoms with Crippen LogP contribution < -0.4 is 16.0 Å². The van der Waals surface area contributed by atoms with Crippen LogP contribution in [0.1, 0.15) is 32.6 Å².